The zero-order valence-corrected chi connectivity index (χ0v) is 17.0. The van der Waals surface area contributed by atoms with Crippen molar-refractivity contribution in [3.05, 3.63) is 54.4 Å². The monoisotopic (exact) mass is 392 g/mol. The molecule has 6 heteroatoms. The number of Topliss-reactive ketones (excluding diaryl/α,β-unsaturated/α-hetero) is 1. The molecule has 1 aliphatic carbocycles. The predicted molar refractivity (Wildman–Crippen MR) is 112 cm³/mol. The van der Waals surface area contributed by atoms with Crippen LogP contribution in [0.25, 0.3) is 17.1 Å². The van der Waals surface area contributed by atoms with Crippen LogP contribution in [0.1, 0.15) is 51.0 Å². The van der Waals surface area contributed by atoms with Crippen LogP contribution < -0.4 is 0 Å². The molecule has 2 heterocycles. The van der Waals surface area contributed by atoms with E-state index in [4.69, 9.17) is 0 Å². The molecule has 0 aliphatic heterocycles. The van der Waals surface area contributed by atoms with Gasteiger partial charge in [-0.15, -0.1) is 10.2 Å². The third-order valence-corrected chi connectivity index (χ3v) is 6.36. The molecule has 2 aromatic heterocycles. The number of carbonyl (C=O) groups is 1. The first-order valence-electron chi connectivity index (χ1n) is 9.79. The largest absolute Gasteiger partial charge is 0.298 e. The zero-order chi connectivity index (χ0) is 19.5. The fourth-order valence-electron chi connectivity index (χ4n) is 3.63. The summed E-state index contributed by atoms with van der Waals surface area (Å²) in [6.45, 7) is 4.37. The van der Waals surface area contributed by atoms with Gasteiger partial charge in [0, 0.05) is 24.4 Å². The molecule has 0 radical (unpaired) electrons. The Hall–Kier alpha value is -2.47. The molecule has 0 N–H and O–H groups in total. The number of rotatable bonds is 5. The standard InChI is InChI=1S/C22H24N4OS/c1-15(2)17-9-3-4-10-18(17)26-21(16-8-7-13-23-14-16)24-25-22(26)28-20-12-6-5-11-19(20)27/h3-4,7-10,13-15,20H,5-6,11-12H2,1-2H3/t20-/m1/s1. The van der Waals surface area contributed by atoms with Gasteiger partial charge in [0.05, 0.1) is 10.9 Å². The van der Waals surface area contributed by atoms with Crippen LogP contribution in [0.15, 0.2) is 53.9 Å². The van der Waals surface area contributed by atoms with Crippen molar-refractivity contribution in [2.45, 2.75) is 55.9 Å². The highest BCUT2D eigenvalue weighted by Crippen LogP contribution is 2.36. The maximum absolute atomic E-state index is 12.4. The average molecular weight is 393 g/mol. The Bertz CT molecular complexity index is 968. The minimum Gasteiger partial charge on any atom is -0.298 e. The number of nitrogens with zero attached hydrogens (tertiary/aromatic N) is 4. The highest BCUT2D eigenvalue weighted by atomic mass is 32.2. The van der Waals surface area contributed by atoms with E-state index < -0.39 is 0 Å². The first-order chi connectivity index (χ1) is 13.6. The fourth-order valence-corrected chi connectivity index (χ4v) is 4.79. The van der Waals surface area contributed by atoms with Crippen LogP contribution in [0.2, 0.25) is 0 Å². The molecule has 1 aromatic carbocycles. The highest BCUT2D eigenvalue weighted by molar-refractivity contribution is 8.00. The van der Waals surface area contributed by atoms with Crippen molar-refractivity contribution >= 4 is 17.5 Å². The second-order valence-corrected chi connectivity index (χ2v) is 8.59. The van der Waals surface area contributed by atoms with Crippen molar-refractivity contribution < 1.29 is 4.79 Å². The van der Waals surface area contributed by atoms with Crippen molar-refractivity contribution in [1.82, 2.24) is 19.7 Å². The van der Waals surface area contributed by atoms with E-state index in [1.165, 1.54) is 5.56 Å². The Labute approximate surface area is 169 Å². The third kappa shape index (κ3) is 3.74. The Kier molecular flexibility index (Phi) is 5.57. The van der Waals surface area contributed by atoms with Gasteiger partial charge in [0.25, 0.3) is 0 Å². The van der Waals surface area contributed by atoms with Crippen molar-refractivity contribution in [2.75, 3.05) is 0 Å². The smallest absolute Gasteiger partial charge is 0.196 e. The molecule has 144 valence electrons. The number of thioether (sulfide) groups is 1. The summed E-state index contributed by atoms with van der Waals surface area (Å²) in [5.74, 6) is 1.44. The lowest BCUT2D eigenvalue weighted by atomic mass is 9.99. The molecule has 0 spiro atoms. The average Bonchev–Trinajstić information content (AvgIpc) is 3.14. The minimum absolute atomic E-state index is 0.0374. The number of aromatic nitrogens is 4. The summed E-state index contributed by atoms with van der Waals surface area (Å²) in [5, 5.41) is 9.72. The third-order valence-electron chi connectivity index (χ3n) is 5.10. The molecule has 1 aliphatic rings. The summed E-state index contributed by atoms with van der Waals surface area (Å²) in [6.07, 6.45) is 7.23. The summed E-state index contributed by atoms with van der Waals surface area (Å²) in [7, 11) is 0. The molecule has 1 fully saturated rings. The van der Waals surface area contributed by atoms with Crippen molar-refractivity contribution in [3.63, 3.8) is 0 Å². The number of hydrogen-bond acceptors (Lipinski definition) is 5. The van der Waals surface area contributed by atoms with Gasteiger partial charge in [-0.25, -0.2) is 0 Å². The summed E-state index contributed by atoms with van der Waals surface area (Å²) >= 11 is 1.55. The van der Waals surface area contributed by atoms with Gasteiger partial charge in [-0.2, -0.15) is 0 Å². The molecule has 0 amide bonds. The quantitative estimate of drug-likeness (QED) is 0.607. The topological polar surface area (TPSA) is 60.7 Å². The van der Waals surface area contributed by atoms with E-state index in [1.807, 2.05) is 18.2 Å². The number of ketones is 1. The van der Waals surface area contributed by atoms with Gasteiger partial charge < -0.3 is 0 Å². The lowest BCUT2D eigenvalue weighted by Crippen LogP contribution is -2.22. The van der Waals surface area contributed by atoms with Crippen LogP contribution in [-0.4, -0.2) is 30.8 Å². The summed E-state index contributed by atoms with van der Waals surface area (Å²) in [5.41, 5.74) is 3.20. The fraction of sp³-hybridized carbons (Fsp3) is 0.364. The van der Waals surface area contributed by atoms with Crippen LogP contribution in [0.3, 0.4) is 0 Å². The van der Waals surface area contributed by atoms with Crippen LogP contribution in [0.4, 0.5) is 0 Å². The molecule has 0 bridgehead atoms. The molecule has 0 unspecified atom stereocenters. The Morgan fingerprint density at radius 3 is 2.71 bits per heavy atom. The lowest BCUT2D eigenvalue weighted by molar-refractivity contribution is -0.119. The Morgan fingerprint density at radius 2 is 1.96 bits per heavy atom. The Morgan fingerprint density at radius 1 is 1.11 bits per heavy atom. The molecule has 0 saturated heterocycles. The normalized spacial score (nSPS) is 17.2. The van der Waals surface area contributed by atoms with E-state index in [1.54, 1.807) is 24.2 Å². The van der Waals surface area contributed by atoms with Crippen LogP contribution in [-0.2, 0) is 4.79 Å². The van der Waals surface area contributed by atoms with Gasteiger partial charge in [-0.05, 0) is 42.5 Å². The minimum atomic E-state index is -0.0374. The van der Waals surface area contributed by atoms with Crippen molar-refractivity contribution in [3.8, 4) is 17.1 Å². The van der Waals surface area contributed by atoms with Crippen LogP contribution in [0, 0.1) is 0 Å². The summed E-state index contributed by atoms with van der Waals surface area (Å²) < 4.78 is 2.10. The van der Waals surface area contributed by atoms with Gasteiger partial charge in [-0.1, -0.05) is 50.2 Å². The Balaban J connectivity index is 1.84. The molecular weight excluding hydrogens is 368 g/mol. The summed E-state index contributed by atoms with van der Waals surface area (Å²) in [6, 6.07) is 12.2. The van der Waals surface area contributed by atoms with Crippen molar-refractivity contribution in [2.24, 2.45) is 0 Å². The summed E-state index contributed by atoms with van der Waals surface area (Å²) in [4.78, 5) is 16.7. The SMILES string of the molecule is CC(C)c1ccccc1-n1c(S[C@@H]2CCCCC2=O)nnc1-c1cccnc1. The van der Waals surface area contributed by atoms with Crippen LogP contribution in [0.5, 0.6) is 0 Å². The van der Waals surface area contributed by atoms with E-state index in [-0.39, 0.29) is 5.25 Å². The van der Waals surface area contributed by atoms with Gasteiger partial charge in [0.1, 0.15) is 5.78 Å². The highest BCUT2D eigenvalue weighted by Gasteiger charge is 2.27. The molecule has 28 heavy (non-hydrogen) atoms. The number of pyridine rings is 1. The van der Waals surface area contributed by atoms with Gasteiger partial charge in [0.15, 0.2) is 11.0 Å². The maximum Gasteiger partial charge on any atom is 0.196 e. The second kappa shape index (κ2) is 8.27. The first kappa shape index (κ1) is 18.9. The molecule has 5 nitrogen and oxygen atoms in total. The zero-order valence-electron chi connectivity index (χ0n) is 16.2. The molecule has 1 atom stereocenters. The van der Waals surface area contributed by atoms with Gasteiger partial charge in [0.2, 0.25) is 0 Å². The van der Waals surface area contributed by atoms with E-state index in [0.29, 0.717) is 18.1 Å². The van der Waals surface area contributed by atoms with E-state index in [0.717, 1.165) is 41.5 Å². The van der Waals surface area contributed by atoms with E-state index in [2.05, 4.69) is 51.8 Å². The number of para-hydroxylation sites is 1. The number of hydrogen-bond donors (Lipinski definition) is 0. The predicted octanol–water partition coefficient (Wildman–Crippen LogP) is 5.06. The molecule has 3 aromatic rings. The van der Waals surface area contributed by atoms with Gasteiger partial charge >= 0.3 is 0 Å². The second-order valence-electron chi connectivity index (χ2n) is 7.42. The van der Waals surface area contributed by atoms with Crippen LogP contribution >= 0.6 is 11.8 Å². The number of carbonyl (C=O) groups excluding carboxylic acids is 1. The molecule has 1 saturated carbocycles. The van der Waals surface area contributed by atoms with Crippen molar-refractivity contribution in [1.29, 1.82) is 0 Å². The molecule has 4 rings (SSSR count). The maximum atomic E-state index is 12.4. The molecular formula is C22H24N4OS. The lowest BCUT2D eigenvalue weighted by Gasteiger charge is -2.21. The van der Waals surface area contributed by atoms with E-state index in [9.17, 15) is 4.79 Å². The van der Waals surface area contributed by atoms with Gasteiger partial charge in [-0.3, -0.25) is 14.3 Å². The first-order valence-corrected chi connectivity index (χ1v) is 10.7. The van der Waals surface area contributed by atoms with E-state index >= 15 is 0 Å². The number of benzene rings is 1.